The van der Waals surface area contributed by atoms with Crippen molar-refractivity contribution in [2.24, 2.45) is 0 Å². The van der Waals surface area contributed by atoms with Gasteiger partial charge in [-0.1, -0.05) is 59.9 Å². The second kappa shape index (κ2) is 11.0. The summed E-state index contributed by atoms with van der Waals surface area (Å²) in [6.45, 7) is 2.62. The van der Waals surface area contributed by atoms with Gasteiger partial charge < -0.3 is 5.32 Å². The number of hydrogen-bond acceptors (Lipinski definition) is 4. The fourth-order valence-electron chi connectivity index (χ4n) is 4.58. The number of hydrogen-bond donors (Lipinski definition) is 1. The monoisotopic (exact) mass is 449 g/mol. The van der Waals surface area contributed by atoms with Crippen LogP contribution in [-0.2, 0) is 13.0 Å². The first-order valence-electron chi connectivity index (χ1n) is 12.2. The fourth-order valence-corrected chi connectivity index (χ4v) is 4.58. The van der Waals surface area contributed by atoms with Gasteiger partial charge in [0.25, 0.3) is 0 Å². The summed E-state index contributed by atoms with van der Waals surface area (Å²) in [5.41, 5.74) is 8.94. The molecule has 0 fully saturated rings. The minimum absolute atomic E-state index is 0.708. The molecule has 2 aliphatic carbocycles. The van der Waals surface area contributed by atoms with Gasteiger partial charge in [-0.2, -0.15) is 0 Å². The van der Waals surface area contributed by atoms with Crippen LogP contribution in [0.25, 0.3) is 11.3 Å². The minimum atomic E-state index is 0.708. The maximum Gasteiger partial charge on any atom is 0.114 e. The molecule has 0 saturated heterocycles. The van der Waals surface area contributed by atoms with Crippen LogP contribution in [0.3, 0.4) is 0 Å². The maximum atomic E-state index is 4.27. The van der Waals surface area contributed by atoms with Gasteiger partial charge in [0.15, 0.2) is 0 Å². The van der Waals surface area contributed by atoms with Crippen molar-refractivity contribution in [3.05, 3.63) is 113 Å². The van der Waals surface area contributed by atoms with E-state index in [0.29, 0.717) is 6.54 Å². The Morgan fingerprint density at radius 2 is 1.85 bits per heavy atom. The van der Waals surface area contributed by atoms with E-state index < -0.39 is 0 Å². The minimum Gasteiger partial charge on any atom is -0.312 e. The highest BCUT2D eigenvalue weighted by molar-refractivity contribution is 5.55. The fraction of sp³-hybridized carbons (Fsp3) is 0.276. The van der Waals surface area contributed by atoms with Crippen molar-refractivity contribution in [2.75, 3.05) is 13.1 Å². The van der Waals surface area contributed by atoms with Crippen LogP contribution in [0.15, 0.2) is 102 Å². The van der Waals surface area contributed by atoms with Crippen molar-refractivity contribution in [2.45, 2.75) is 38.6 Å². The van der Waals surface area contributed by atoms with Gasteiger partial charge in [-0.3, -0.25) is 4.98 Å². The molecule has 0 spiro atoms. The molecule has 5 rings (SSSR count). The molecule has 5 heteroatoms. The number of rotatable bonds is 9. The standard InChI is InChI=1S/C29H31N5/c1-2-7-25(8-3-1)28-11-5-4-9-26(28)19-31-18-16-23-12-14-24(15-13-23)21-34-22-29(32-33-34)27-10-6-17-30-20-27/h1-2,4,6-7,9-10,12-15,17,20,22,31H,3,5,8,11,16,18-19,21H2. The molecular weight excluding hydrogens is 418 g/mol. The van der Waals surface area contributed by atoms with Crippen molar-refractivity contribution in [1.82, 2.24) is 25.3 Å². The van der Waals surface area contributed by atoms with E-state index in [1.54, 1.807) is 11.8 Å². The van der Waals surface area contributed by atoms with Crippen molar-refractivity contribution < 1.29 is 0 Å². The molecule has 172 valence electrons. The summed E-state index contributed by atoms with van der Waals surface area (Å²) in [6, 6.07) is 12.7. The Morgan fingerprint density at radius 3 is 2.68 bits per heavy atom. The third kappa shape index (κ3) is 5.67. The van der Waals surface area contributed by atoms with Crippen molar-refractivity contribution in [3.8, 4) is 11.3 Å². The molecule has 0 bridgehead atoms. The van der Waals surface area contributed by atoms with E-state index in [1.165, 1.54) is 41.5 Å². The van der Waals surface area contributed by atoms with Crippen LogP contribution in [0.1, 0.15) is 36.8 Å². The van der Waals surface area contributed by atoms with Crippen LogP contribution in [0, 0.1) is 0 Å². The Kier molecular flexibility index (Phi) is 7.22. The Balaban J connectivity index is 1.12. The van der Waals surface area contributed by atoms with Crippen LogP contribution in [0.2, 0.25) is 0 Å². The summed E-state index contributed by atoms with van der Waals surface area (Å²) in [4.78, 5) is 4.15. The molecule has 0 unspecified atom stereocenters. The van der Waals surface area contributed by atoms with E-state index in [1.807, 2.05) is 29.2 Å². The Labute approximate surface area is 201 Å². The number of benzene rings is 1. The van der Waals surface area contributed by atoms with E-state index in [4.69, 9.17) is 0 Å². The zero-order valence-corrected chi connectivity index (χ0v) is 19.5. The second-order valence-electron chi connectivity index (χ2n) is 8.89. The number of nitrogens with one attached hydrogen (secondary N) is 1. The zero-order chi connectivity index (χ0) is 23.0. The van der Waals surface area contributed by atoms with E-state index in [9.17, 15) is 0 Å². The smallest absolute Gasteiger partial charge is 0.114 e. The molecule has 0 saturated carbocycles. The average Bonchev–Trinajstić information content (AvgIpc) is 3.37. The molecule has 2 aromatic heterocycles. The normalized spacial score (nSPS) is 15.6. The largest absolute Gasteiger partial charge is 0.312 e. The molecule has 0 amide bonds. The van der Waals surface area contributed by atoms with E-state index in [-0.39, 0.29) is 0 Å². The molecule has 0 atom stereocenters. The lowest BCUT2D eigenvalue weighted by Crippen LogP contribution is -2.21. The van der Waals surface area contributed by atoms with Crippen molar-refractivity contribution >= 4 is 0 Å². The molecule has 0 aliphatic heterocycles. The molecule has 2 aliphatic rings. The highest BCUT2D eigenvalue weighted by Gasteiger charge is 2.13. The quantitative estimate of drug-likeness (QED) is 0.442. The lowest BCUT2D eigenvalue weighted by Gasteiger charge is -2.20. The summed E-state index contributed by atoms with van der Waals surface area (Å²) in [5.74, 6) is 0. The summed E-state index contributed by atoms with van der Waals surface area (Å²) in [5, 5.41) is 12.2. The highest BCUT2D eigenvalue weighted by atomic mass is 15.4. The van der Waals surface area contributed by atoms with Crippen LogP contribution in [0.5, 0.6) is 0 Å². The van der Waals surface area contributed by atoms with Crippen LogP contribution < -0.4 is 5.32 Å². The van der Waals surface area contributed by atoms with Gasteiger partial charge >= 0.3 is 0 Å². The van der Waals surface area contributed by atoms with Crippen molar-refractivity contribution in [1.29, 1.82) is 0 Å². The van der Waals surface area contributed by atoms with Gasteiger partial charge in [0.05, 0.1) is 12.7 Å². The average molecular weight is 450 g/mol. The summed E-state index contributed by atoms with van der Waals surface area (Å²) in [7, 11) is 0. The van der Waals surface area contributed by atoms with E-state index in [0.717, 1.165) is 37.2 Å². The van der Waals surface area contributed by atoms with Gasteiger partial charge in [-0.25, -0.2) is 4.68 Å². The van der Waals surface area contributed by atoms with Gasteiger partial charge in [-0.15, -0.1) is 5.10 Å². The number of pyridine rings is 1. The molecule has 1 N–H and O–H groups in total. The van der Waals surface area contributed by atoms with Crippen molar-refractivity contribution in [3.63, 3.8) is 0 Å². The Bertz CT molecular complexity index is 1210. The predicted molar refractivity (Wildman–Crippen MR) is 137 cm³/mol. The van der Waals surface area contributed by atoms with Gasteiger partial charge in [0.2, 0.25) is 0 Å². The van der Waals surface area contributed by atoms with E-state index >= 15 is 0 Å². The van der Waals surface area contributed by atoms with Crippen LogP contribution in [0.4, 0.5) is 0 Å². The lowest BCUT2D eigenvalue weighted by atomic mass is 9.87. The summed E-state index contributed by atoms with van der Waals surface area (Å²) < 4.78 is 1.87. The Morgan fingerprint density at radius 1 is 0.971 bits per heavy atom. The maximum absolute atomic E-state index is 4.27. The third-order valence-electron chi connectivity index (χ3n) is 6.44. The summed E-state index contributed by atoms with van der Waals surface area (Å²) >= 11 is 0. The first-order valence-corrected chi connectivity index (χ1v) is 12.2. The summed E-state index contributed by atoms with van der Waals surface area (Å²) in [6.07, 6.45) is 22.6. The molecule has 34 heavy (non-hydrogen) atoms. The number of nitrogens with zero attached hydrogens (tertiary/aromatic N) is 4. The first kappa shape index (κ1) is 22.2. The lowest BCUT2D eigenvalue weighted by molar-refractivity contribution is 0.649. The van der Waals surface area contributed by atoms with Crippen LogP contribution >= 0.6 is 0 Å². The van der Waals surface area contributed by atoms with Gasteiger partial charge in [0.1, 0.15) is 5.69 Å². The van der Waals surface area contributed by atoms with Gasteiger partial charge in [-0.05, 0) is 78.6 Å². The SMILES string of the molecule is C1=CCCC(C2=C(CNCCc3ccc(Cn4cc(-c5cccnc5)nn4)cc3)C=CCC2)=C1. The zero-order valence-electron chi connectivity index (χ0n) is 19.5. The molecule has 5 nitrogen and oxygen atoms in total. The second-order valence-corrected chi connectivity index (χ2v) is 8.89. The number of allylic oxidation sites excluding steroid dienone is 6. The topological polar surface area (TPSA) is 55.6 Å². The van der Waals surface area contributed by atoms with Gasteiger partial charge in [0, 0.05) is 24.5 Å². The number of aromatic nitrogens is 4. The molecular formula is C29H31N5. The molecule has 2 heterocycles. The third-order valence-corrected chi connectivity index (χ3v) is 6.44. The molecule has 1 aromatic carbocycles. The van der Waals surface area contributed by atoms with E-state index in [2.05, 4.69) is 75.3 Å². The van der Waals surface area contributed by atoms with Crippen LogP contribution in [-0.4, -0.2) is 33.1 Å². The molecule has 3 aromatic rings. The first-order chi connectivity index (χ1) is 16.8. The highest BCUT2D eigenvalue weighted by Crippen LogP contribution is 2.30. The Hall–Kier alpha value is -3.57. The predicted octanol–water partition coefficient (Wildman–Crippen LogP) is 5.44. The molecule has 0 radical (unpaired) electrons.